The number of carbonyl (C=O) groups excluding carboxylic acids is 2. The van der Waals surface area contributed by atoms with E-state index in [1.165, 1.54) is 0 Å². The molecule has 0 saturated heterocycles. The van der Waals surface area contributed by atoms with Crippen molar-refractivity contribution in [1.29, 1.82) is 0 Å². The molecule has 2 rings (SSSR count). The predicted molar refractivity (Wildman–Crippen MR) is 70.2 cm³/mol. The van der Waals surface area contributed by atoms with Crippen LogP contribution in [-0.4, -0.2) is 30.1 Å². The Morgan fingerprint density at radius 3 is 2.42 bits per heavy atom. The highest BCUT2D eigenvalue weighted by molar-refractivity contribution is 5.98. The Labute approximate surface area is 110 Å². The number of carbonyl (C=O) groups is 2. The summed E-state index contributed by atoms with van der Waals surface area (Å²) in [6.07, 6.45) is 0. The lowest BCUT2D eigenvalue weighted by atomic mass is 10.1. The summed E-state index contributed by atoms with van der Waals surface area (Å²) in [7, 11) is 0. The molecule has 0 saturated carbocycles. The standard InChI is InChI=1S/C14H15NO4/c1-3-18-13(16)9-5-6-11-10(7-9)8-12(15-11)14(17)19-4-2/h5-8,15H,3-4H2,1-2H3. The van der Waals surface area contributed by atoms with E-state index in [9.17, 15) is 9.59 Å². The van der Waals surface area contributed by atoms with E-state index in [1.54, 1.807) is 38.1 Å². The highest BCUT2D eigenvalue weighted by Crippen LogP contribution is 2.18. The van der Waals surface area contributed by atoms with Crippen molar-refractivity contribution in [3.05, 3.63) is 35.5 Å². The molecule has 0 unspecified atom stereocenters. The first-order valence-electron chi connectivity index (χ1n) is 6.12. The average Bonchev–Trinajstić information content (AvgIpc) is 2.82. The van der Waals surface area contributed by atoms with Gasteiger partial charge < -0.3 is 14.5 Å². The maximum Gasteiger partial charge on any atom is 0.354 e. The number of hydrogen-bond donors (Lipinski definition) is 1. The highest BCUT2D eigenvalue weighted by Gasteiger charge is 2.12. The molecule has 2 aromatic rings. The maximum atomic E-state index is 11.6. The molecular formula is C14H15NO4. The third-order valence-electron chi connectivity index (χ3n) is 2.63. The molecule has 0 amide bonds. The normalized spacial score (nSPS) is 10.4. The van der Waals surface area contributed by atoms with Gasteiger partial charge in [0.1, 0.15) is 5.69 Å². The molecule has 1 heterocycles. The second kappa shape index (κ2) is 5.56. The largest absolute Gasteiger partial charge is 0.462 e. The molecule has 5 nitrogen and oxygen atoms in total. The quantitative estimate of drug-likeness (QED) is 0.859. The van der Waals surface area contributed by atoms with Crippen molar-refractivity contribution in [2.45, 2.75) is 13.8 Å². The smallest absolute Gasteiger partial charge is 0.354 e. The van der Waals surface area contributed by atoms with Crippen molar-refractivity contribution in [3.8, 4) is 0 Å². The molecule has 0 aliphatic rings. The number of rotatable bonds is 4. The van der Waals surface area contributed by atoms with E-state index >= 15 is 0 Å². The fraction of sp³-hybridized carbons (Fsp3) is 0.286. The number of ether oxygens (including phenoxy) is 2. The third kappa shape index (κ3) is 2.76. The number of hydrogen-bond acceptors (Lipinski definition) is 4. The number of H-pyrrole nitrogens is 1. The topological polar surface area (TPSA) is 68.4 Å². The summed E-state index contributed by atoms with van der Waals surface area (Å²) in [6.45, 7) is 4.16. The van der Waals surface area contributed by atoms with E-state index in [0.29, 0.717) is 24.5 Å². The Hall–Kier alpha value is -2.30. The van der Waals surface area contributed by atoms with Crippen LogP contribution in [0.4, 0.5) is 0 Å². The molecule has 0 fully saturated rings. The van der Waals surface area contributed by atoms with Crippen molar-refractivity contribution in [2.75, 3.05) is 13.2 Å². The summed E-state index contributed by atoms with van der Waals surface area (Å²) in [5, 5.41) is 0.772. The van der Waals surface area contributed by atoms with Crippen LogP contribution in [0.15, 0.2) is 24.3 Å². The minimum Gasteiger partial charge on any atom is -0.462 e. The third-order valence-corrected chi connectivity index (χ3v) is 2.63. The number of nitrogens with one attached hydrogen (secondary N) is 1. The zero-order valence-corrected chi connectivity index (χ0v) is 10.9. The Kier molecular flexibility index (Phi) is 3.85. The van der Waals surface area contributed by atoms with Crippen molar-refractivity contribution in [2.24, 2.45) is 0 Å². The predicted octanol–water partition coefficient (Wildman–Crippen LogP) is 2.52. The number of esters is 2. The van der Waals surface area contributed by atoms with Crippen LogP contribution in [0, 0.1) is 0 Å². The maximum absolute atomic E-state index is 11.6. The van der Waals surface area contributed by atoms with E-state index in [-0.39, 0.29) is 5.97 Å². The Bertz CT molecular complexity index is 599. The number of aromatic amines is 1. The first kappa shape index (κ1) is 13.1. The molecule has 5 heteroatoms. The summed E-state index contributed by atoms with van der Waals surface area (Å²) in [6, 6.07) is 6.75. The van der Waals surface area contributed by atoms with Gasteiger partial charge in [0.05, 0.1) is 18.8 Å². The molecule has 100 valence electrons. The van der Waals surface area contributed by atoms with Crippen LogP contribution in [0.3, 0.4) is 0 Å². The molecule has 1 aromatic carbocycles. The van der Waals surface area contributed by atoms with Gasteiger partial charge in [0, 0.05) is 10.9 Å². The second-order valence-electron chi connectivity index (χ2n) is 3.93. The molecule has 0 aliphatic carbocycles. The zero-order valence-electron chi connectivity index (χ0n) is 10.9. The molecule has 0 spiro atoms. The van der Waals surface area contributed by atoms with Gasteiger partial charge in [0.2, 0.25) is 0 Å². The van der Waals surface area contributed by atoms with Gasteiger partial charge in [0.25, 0.3) is 0 Å². The summed E-state index contributed by atoms with van der Waals surface area (Å²) in [4.78, 5) is 26.1. The van der Waals surface area contributed by atoms with Gasteiger partial charge in [-0.05, 0) is 38.1 Å². The first-order valence-corrected chi connectivity index (χ1v) is 6.12. The molecule has 0 radical (unpaired) electrons. The molecule has 19 heavy (non-hydrogen) atoms. The van der Waals surface area contributed by atoms with Crippen LogP contribution in [-0.2, 0) is 9.47 Å². The highest BCUT2D eigenvalue weighted by atomic mass is 16.5. The molecule has 0 aliphatic heterocycles. The Morgan fingerprint density at radius 2 is 1.74 bits per heavy atom. The summed E-state index contributed by atoms with van der Waals surface area (Å²) in [5.41, 5.74) is 1.61. The minimum absolute atomic E-state index is 0.322. The molecular weight excluding hydrogens is 246 g/mol. The first-order chi connectivity index (χ1) is 9.15. The lowest BCUT2D eigenvalue weighted by Crippen LogP contribution is -2.04. The van der Waals surface area contributed by atoms with Gasteiger partial charge in [0.15, 0.2) is 0 Å². The molecule has 1 N–H and O–H groups in total. The number of fused-ring (bicyclic) bond motifs is 1. The van der Waals surface area contributed by atoms with Crippen molar-refractivity contribution in [1.82, 2.24) is 4.98 Å². The molecule has 0 atom stereocenters. The molecule has 1 aromatic heterocycles. The van der Waals surface area contributed by atoms with E-state index in [0.717, 1.165) is 10.9 Å². The van der Waals surface area contributed by atoms with E-state index in [1.807, 2.05) is 0 Å². The summed E-state index contributed by atoms with van der Waals surface area (Å²) >= 11 is 0. The van der Waals surface area contributed by atoms with Crippen LogP contribution in [0.1, 0.15) is 34.7 Å². The molecule has 0 bridgehead atoms. The van der Waals surface area contributed by atoms with Crippen molar-refractivity contribution in [3.63, 3.8) is 0 Å². The lowest BCUT2D eigenvalue weighted by molar-refractivity contribution is 0.0514. The monoisotopic (exact) mass is 261 g/mol. The fourth-order valence-electron chi connectivity index (χ4n) is 1.79. The lowest BCUT2D eigenvalue weighted by Gasteiger charge is -2.00. The number of aromatic nitrogens is 1. The van der Waals surface area contributed by atoms with Gasteiger partial charge >= 0.3 is 11.9 Å². The van der Waals surface area contributed by atoms with Crippen molar-refractivity contribution < 1.29 is 19.1 Å². The minimum atomic E-state index is -0.406. The van der Waals surface area contributed by atoms with E-state index < -0.39 is 5.97 Å². The van der Waals surface area contributed by atoms with Crippen LogP contribution in [0.5, 0.6) is 0 Å². The van der Waals surface area contributed by atoms with Gasteiger partial charge in [-0.25, -0.2) is 9.59 Å². The second-order valence-corrected chi connectivity index (χ2v) is 3.93. The van der Waals surface area contributed by atoms with Gasteiger partial charge in [-0.2, -0.15) is 0 Å². The van der Waals surface area contributed by atoms with Gasteiger partial charge in [-0.15, -0.1) is 0 Å². The zero-order chi connectivity index (χ0) is 13.8. The van der Waals surface area contributed by atoms with E-state index in [2.05, 4.69) is 4.98 Å². The van der Waals surface area contributed by atoms with Crippen LogP contribution in [0.2, 0.25) is 0 Å². The Morgan fingerprint density at radius 1 is 1.05 bits per heavy atom. The summed E-state index contributed by atoms with van der Waals surface area (Å²) in [5.74, 6) is -0.778. The van der Waals surface area contributed by atoms with Crippen molar-refractivity contribution >= 4 is 22.8 Å². The van der Waals surface area contributed by atoms with Crippen LogP contribution < -0.4 is 0 Å². The van der Waals surface area contributed by atoms with Crippen LogP contribution in [0.25, 0.3) is 10.9 Å². The fourth-order valence-corrected chi connectivity index (χ4v) is 1.79. The Balaban J connectivity index is 2.33. The van der Waals surface area contributed by atoms with E-state index in [4.69, 9.17) is 9.47 Å². The summed E-state index contributed by atoms with van der Waals surface area (Å²) < 4.78 is 9.84. The van der Waals surface area contributed by atoms with Crippen LogP contribution >= 0.6 is 0 Å². The van der Waals surface area contributed by atoms with Gasteiger partial charge in [-0.1, -0.05) is 0 Å². The SMILES string of the molecule is CCOC(=O)c1ccc2[nH]c(C(=O)OCC)cc2c1. The number of benzene rings is 1. The van der Waals surface area contributed by atoms with Gasteiger partial charge in [-0.3, -0.25) is 0 Å². The average molecular weight is 261 g/mol.